The lowest BCUT2D eigenvalue weighted by Crippen LogP contribution is -2.52. The number of alkyl halides is 1. The summed E-state index contributed by atoms with van der Waals surface area (Å²) in [6.45, 7) is 2.96. The van der Waals surface area contributed by atoms with Gasteiger partial charge in [0.05, 0.1) is 10.7 Å². The molecule has 1 aliphatic heterocycles. The summed E-state index contributed by atoms with van der Waals surface area (Å²) >= 11 is 6.02. The molecule has 0 saturated heterocycles. The Hall–Kier alpha value is -2.73. The summed E-state index contributed by atoms with van der Waals surface area (Å²) in [5, 5.41) is 3.11. The second kappa shape index (κ2) is 7.38. The Balaban J connectivity index is 1.51. The van der Waals surface area contributed by atoms with E-state index in [0.29, 0.717) is 29.2 Å². The second-order valence-corrected chi connectivity index (χ2v) is 11.6. The SMILES string of the molecule is Cc1c(C(=O)Nc2ccc(F)c([C@@]3(C)N=C(N)C4(CC4)S(O)(O)[C@@H]3F)c2)nc2ccc(Cl)cn12. The Morgan fingerprint density at radius 1 is 1.32 bits per heavy atom. The third kappa shape index (κ3) is 3.14. The number of halogens is 3. The standard InChI is InChI=1S/C22H22ClF2N5O3S/c1-11-17(28-16-6-3-12(23)10-30(11)16)18(31)27-13-4-5-15(24)14(9-13)21(2)19(25)34(32,33)22(7-8-22)20(26)29-21/h3-6,9-10,19,32-33H,7-8H2,1-2H3,(H2,26,29)(H,27,31)/t19-,21+/m0/s1. The maximum atomic E-state index is 15.5. The lowest BCUT2D eigenvalue weighted by molar-refractivity contribution is 0.102. The molecular weight excluding hydrogens is 488 g/mol. The Bertz CT molecular complexity index is 1390. The van der Waals surface area contributed by atoms with Crippen LogP contribution in [0.2, 0.25) is 5.02 Å². The van der Waals surface area contributed by atoms with Gasteiger partial charge in [0.1, 0.15) is 33.3 Å². The van der Waals surface area contributed by atoms with Crippen molar-refractivity contribution in [3.63, 3.8) is 0 Å². The van der Waals surface area contributed by atoms with Gasteiger partial charge in [-0.05, 0) is 57.0 Å². The molecule has 12 heteroatoms. The summed E-state index contributed by atoms with van der Waals surface area (Å²) < 4.78 is 52.2. The number of rotatable bonds is 3. The number of nitrogens with zero attached hydrogens (tertiary/aromatic N) is 3. The third-order valence-electron chi connectivity index (χ3n) is 6.64. The fraction of sp³-hybridized carbons (Fsp3) is 0.318. The number of hydrogen-bond acceptors (Lipinski definition) is 6. The first-order valence-electron chi connectivity index (χ1n) is 10.4. The van der Waals surface area contributed by atoms with Gasteiger partial charge in [-0.25, -0.2) is 13.8 Å². The smallest absolute Gasteiger partial charge is 0.276 e. The van der Waals surface area contributed by atoms with Crippen LogP contribution in [0.15, 0.2) is 41.5 Å². The van der Waals surface area contributed by atoms with Crippen LogP contribution < -0.4 is 11.1 Å². The van der Waals surface area contributed by atoms with Crippen LogP contribution >= 0.6 is 22.2 Å². The van der Waals surface area contributed by atoms with Gasteiger partial charge in [-0.2, -0.15) is 0 Å². The van der Waals surface area contributed by atoms with Crippen molar-refractivity contribution in [2.45, 2.75) is 42.5 Å². The van der Waals surface area contributed by atoms with Gasteiger partial charge in [0.25, 0.3) is 5.91 Å². The van der Waals surface area contributed by atoms with Crippen LogP contribution in [0.1, 0.15) is 41.5 Å². The molecule has 0 radical (unpaired) electrons. The Kier molecular flexibility index (Phi) is 5.00. The van der Waals surface area contributed by atoms with Gasteiger partial charge < -0.3 is 15.5 Å². The molecule has 0 bridgehead atoms. The highest BCUT2D eigenvalue weighted by molar-refractivity contribution is 8.26. The third-order valence-corrected chi connectivity index (χ3v) is 9.66. The van der Waals surface area contributed by atoms with E-state index < -0.39 is 38.1 Å². The topological polar surface area (TPSA) is 125 Å². The minimum absolute atomic E-state index is 0.100. The minimum atomic E-state index is -3.85. The number of amides is 1. The first kappa shape index (κ1) is 23.0. The van der Waals surface area contributed by atoms with E-state index in [9.17, 15) is 18.3 Å². The van der Waals surface area contributed by atoms with Gasteiger partial charge in [0.2, 0.25) is 5.50 Å². The van der Waals surface area contributed by atoms with Crippen LogP contribution in [0, 0.1) is 12.7 Å². The van der Waals surface area contributed by atoms with E-state index in [-0.39, 0.29) is 22.8 Å². The Morgan fingerprint density at radius 2 is 2.03 bits per heavy atom. The number of aryl methyl sites for hydroxylation is 1. The number of fused-ring (bicyclic) bond motifs is 1. The maximum Gasteiger partial charge on any atom is 0.276 e. The van der Waals surface area contributed by atoms with E-state index in [0.717, 1.165) is 6.07 Å². The fourth-order valence-electron chi connectivity index (χ4n) is 4.46. The zero-order chi connectivity index (χ0) is 24.6. The van der Waals surface area contributed by atoms with E-state index in [1.54, 1.807) is 29.7 Å². The molecule has 5 N–H and O–H groups in total. The van der Waals surface area contributed by atoms with Crippen molar-refractivity contribution in [3.05, 3.63) is 64.3 Å². The molecule has 1 saturated carbocycles. The number of benzene rings is 1. The molecule has 1 amide bonds. The molecule has 1 aromatic carbocycles. The van der Waals surface area contributed by atoms with Gasteiger partial charge in [-0.1, -0.05) is 11.6 Å². The number of carbonyl (C=O) groups excluding carboxylic acids is 1. The monoisotopic (exact) mass is 509 g/mol. The van der Waals surface area contributed by atoms with Crippen molar-refractivity contribution >= 4 is 45.3 Å². The zero-order valence-electron chi connectivity index (χ0n) is 18.2. The molecular formula is C22H22ClF2N5O3S. The van der Waals surface area contributed by atoms with Crippen LogP contribution in [0.25, 0.3) is 5.65 Å². The largest absolute Gasteiger partial charge is 0.386 e. The summed E-state index contributed by atoms with van der Waals surface area (Å²) in [5.74, 6) is -1.48. The molecule has 2 aliphatic rings. The molecule has 5 rings (SSSR count). The number of pyridine rings is 1. The van der Waals surface area contributed by atoms with Crippen LogP contribution in [0.3, 0.4) is 0 Å². The molecule has 34 heavy (non-hydrogen) atoms. The summed E-state index contributed by atoms with van der Waals surface area (Å²) in [6.07, 6.45) is 2.25. The zero-order valence-corrected chi connectivity index (χ0v) is 19.8. The van der Waals surface area contributed by atoms with E-state index in [4.69, 9.17) is 17.3 Å². The molecule has 3 heterocycles. The number of hydrogen-bond donors (Lipinski definition) is 4. The first-order chi connectivity index (χ1) is 15.9. The molecule has 8 nitrogen and oxygen atoms in total. The number of carbonyl (C=O) groups is 1. The normalized spacial score (nSPS) is 25.7. The maximum absolute atomic E-state index is 15.5. The molecule has 2 aromatic heterocycles. The minimum Gasteiger partial charge on any atom is -0.386 e. The van der Waals surface area contributed by atoms with E-state index in [2.05, 4.69) is 15.3 Å². The van der Waals surface area contributed by atoms with Crippen LogP contribution in [-0.4, -0.2) is 40.5 Å². The van der Waals surface area contributed by atoms with E-state index in [1.807, 2.05) is 0 Å². The number of amidine groups is 1. The highest BCUT2D eigenvalue weighted by Crippen LogP contribution is 2.73. The fourth-order valence-corrected chi connectivity index (χ4v) is 6.89. The number of nitrogens with two attached hydrogens (primary N) is 1. The number of aliphatic imine (C=N–C) groups is 1. The van der Waals surface area contributed by atoms with Crippen molar-refractivity contribution in [1.29, 1.82) is 0 Å². The van der Waals surface area contributed by atoms with Crippen molar-refractivity contribution in [2.24, 2.45) is 10.7 Å². The highest BCUT2D eigenvalue weighted by Gasteiger charge is 2.67. The molecule has 1 spiro atoms. The number of imidazole rings is 1. The molecule has 3 aromatic rings. The average molecular weight is 510 g/mol. The summed E-state index contributed by atoms with van der Waals surface area (Å²) in [6, 6.07) is 6.90. The van der Waals surface area contributed by atoms with Crippen molar-refractivity contribution in [3.8, 4) is 0 Å². The molecule has 1 aliphatic carbocycles. The lowest BCUT2D eigenvalue weighted by atomic mass is 9.92. The van der Waals surface area contributed by atoms with E-state index in [1.165, 1.54) is 19.1 Å². The predicted molar refractivity (Wildman–Crippen MR) is 128 cm³/mol. The quantitative estimate of drug-likeness (QED) is 0.401. The Morgan fingerprint density at radius 3 is 2.71 bits per heavy atom. The Labute approximate surface area is 200 Å². The summed E-state index contributed by atoms with van der Waals surface area (Å²) in [5.41, 5.74) is 2.83. The van der Waals surface area contributed by atoms with Crippen LogP contribution in [-0.2, 0) is 5.54 Å². The molecule has 1 fully saturated rings. The van der Waals surface area contributed by atoms with E-state index >= 15 is 4.39 Å². The molecule has 0 unspecified atom stereocenters. The summed E-state index contributed by atoms with van der Waals surface area (Å²) in [7, 11) is -3.85. The highest BCUT2D eigenvalue weighted by atomic mass is 35.5. The second-order valence-electron chi connectivity index (χ2n) is 8.82. The number of aromatic nitrogens is 2. The van der Waals surface area contributed by atoms with Crippen LogP contribution in [0.5, 0.6) is 0 Å². The first-order valence-corrected chi connectivity index (χ1v) is 12.4. The predicted octanol–water partition coefficient (Wildman–Crippen LogP) is 4.85. The molecule has 2 atom stereocenters. The van der Waals surface area contributed by atoms with Crippen molar-refractivity contribution in [2.75, 3.05) is 5.32 Å². The van der Waals surface area contributed by atoms with Gasteiger partial charge in [0, 0.05) is 17.4 Å². The average Bonchev–Trinajstić information content (AvgIpc) is 3.54. The van der Waals surface area contributed by atoms with Crippen molar-refractivity contribution in [1.82, 2.24) is 9.38 Å². The van der Waals surface area contributed by atoms with Gasteiger partial charge in [-0.15, -0.1) is 10.6 Å². The number of nitrogens with one attached hydrogen (secondary N) is 1. The van der Waals surface area contributed by atoms with Gasteiger partial charge in [0.15, 0.2) is 0 Å². The molecule has 180 valence electrons. The summed E-state index contributed by atoms with van der Waals surface area (Å²) in [4.78, 5) is 21.5. The van der Waals surface area contributed by atoms with Gasteiger partial charge >= 0.3 is 0 Å². The van der Waals surface area contributed by atoms with Gasteiger partial charge in [-0.3, -0.25) is 18.9 Å². The lowest BCUT2D eigenvalue weighted by Gasteiger charge is -2.51. The van der Waals surface area contributed by atoms with Crippen molar-refractivity contribution < 1.29 is 22.7 Å². The number of anilines is 1. The van der Waals surface area contributed by atoms with Crippen LogP contribution in [0.4, 0.5) is 14.5 Å².